The summed E-state index contributed by atoms with van der Waals surface area (Å²) < 4.78 is 6.99. The lowest BCUT2D eigenvalue weighted by atomic mass is 10.1. The van der Waals surface area contributed by atoms with Gasteiger partial charge in [0.2, 0.25) is 0 Å². The molecular weight excluding hydrogens is 300 g/mol. The standard InChI is InChI=1S/C17H19BrO/c1-13-11-16(12-14(2)17(13)18)19-10-6-9-15-7-4-3-5-8-15/h3-5,7-8,11-12H,6,9-10H2,1-2H3. The SMILES string of the molecule is Cc1cc(OCCCc2ccccc2)cc(C)c1Br. The van der Waals surface area contributed by atoms with Crippen LogP contribution in [0, 0.1) is 13.8 Å². The Balaban J connectivity index is 1.83. The van der Waals surface area contributed by atoms with Gasteiger partial charge in [0, 0.05) is 4.47 Å². The van der Waals surface area contributed by atoms with Gasteiger partial charge in [0.25, 0.3) is 0 Å². The van der Waals surface area contributed by atoms with Crippen molar-refractivity contribution < 1.29 is 4.74 Å². The third-order valence-electron chi connectivity index (χ3n) is 3.13. The van der Waals surface area contributed by atoms with Crippen molar-refractivity contribution in [3.8, 4) is 5.75 Å². The van der Waals surface area contributed by atoms with Crippen molar-refractivity contribution in [1.82, 2.24) is 0 Å². The molecule has 0 aliphatic heterocycles. The van der Waals surface area contributed by atoms with Crippen molar-refractivity contribution in [3.05, 3.63) is 63.6 Å². The summed E-state index contributed by atoms with van der Waals surface area (Å²) in [5.74, 6) is 0.964. The minimum absolute atomic E-state index is 0.759. The molecule has 100 valence electrons. The Morgan fingerprint density at radius 1 is 1.00 bits per heavy atom. The lowest BCUT2D eigenvalue weighted by Crippen LogP contribution is -2.00. The molecule has 2 aromatic rings. The second-order valence-corrected chi connectivity index (χ2v) is 5.60. The molecule has 0 heterocycles. The quantitative estimate of drug-likeness (QED) is 0.699. The van der Waals surface area contributed by atoms with Crippen molar-refractivity contribution in [3.63, 3.8) is 0 Å². The lowest BCUT2D eigenvalue weighted by Gasteiger charge is -2.10. The molecule has 0 fully saturated rings. The van der Waals surface area contributed by atoms with Crippen LogP contribution in [0.2, 0.25) is 0 Å². The molecule has 0 radical (unpaired) electrons. The van der Waals surface area contributed by atoms with E-state index < -0.39 is 0 Å². The van der Waals surface area contributed by atoms with Gasteiger partial charge in [-0.15, -0.1) is 0 Å². The molecule has 1 nitrogen and oxygen atoms in total. The van der Waals surface area contributed by atoms with E-state index in [9.17, 15) is 0 Å². The molecule has 0 spiro atoms. The van der Waals surface area contributed by atoms with Gasteiger partial charge in [-0.1, -0.05) is 46.3 Å². The molecule has 0 unspecified atom stereocenters. The summed E-state index contributed by atoms with van der Waals surface area (Å²) in [6, 6.07) is 14.7. The first-order valence-electron chi connectivity index (χ1n) is 6.60. The summed E-state index contributed by atoms with van der Waals surface area (Å²) in [7, 11) is 0. The molecule has 2 heteroatoms. The fourth-order valence-corrected chi connectivity index (χ4v) is 2.33. The zero-order chi connectivity index (χ0) is 13.7. The first kappa shape index (κ1) is 14.1. The molecule has 0 amide bonds. The Labute approximate surface area is 123 Å². The summed E-state index contributed by atoms with van der Waals surface area (Å²) in [4.78, 5) is 0. The molecule has 0 bridgehead atoms. The highest BCUT2D eigenvalue weighted by Gasteiger charge is 2.03. The van der Waals surface area contributed by atoms with Gasteiger partial charge in [0.05, 0.1) is 6.61 Å². The van der Waals surface area contributed by atoms with E-state index in [1.54, 1.807) is 0 Å². The second kappa shape index (κ2) is 6.76. The van der Waals surface area contributed by atoms with Crippen LogP contribution in [0.15, 0.2) is 46.9 Å². The Bertz CT molecular complexity index is 511. The van der Waals surface area contributed by atoms with Gasteiger partial charge in [-0.2, -0.15) is 0 Å². The molecule has 0 aliphatic rings. The summed E-state index contributed by atoms with van der Waals surface area (Å²) in [5.41, 5.74) is 3.81. The highest BCUT2D eigenvalue weighted by Crippen LogP contribution is 2.26. The number of aryl methyl sites for hydroxylation is 3. The maximum absolute atomic E-state index is 5.82. The van der Waals surface area contributed by atoms with E-state index >= 15 is 0 Å². The Morgan fingerprint density at radius 3 is 2.26 bits per heavy atom. The third kappa shape index (κ3) is 4.10. The summed E-state index contributed by atoms with van der Waals surface area (Å²) in [6.45, 7) is 4.94. The maximum atomic E-state index is 5.82. The summed E-state index contributed by atoms with van der Waals surface area (Å²) in [5, 5.41) is 0. The van der Waals surface area contributed by atoms with Crippen LogP contribution in [0.5, 0.6) is 5.75 Å². The average Bonchev–Trinajstić information content (AvgIpc) is 2.42. The molecule has 0 aliphatic carbocycles. The molecule has 2 aromatic carbocycles. The lowest BCUT2D eigenvalue weighted by molar-refractivity contribution is 0.310. The van der Waals surface area contributed by atoms with Crippen LogP contribution in [-0.4, -0.2) is 6.61 Å². The highest BCUT2D eigenvalue weighted by atomic mass is 79.9. The van der Waals surface area contributed by atoms with Crippen LogP contribution in [0.25, 0.3) is 0 Å². The Hall–Kier alpha value is -1.28. The predicted octanol–water partition coefficient (Wildman–Crippen LogP) is 5.08. The monoisotopic (exact) mass is 318 g/mol. The smallest absolute Gasteiger partial charge is 0.119 e. The maximum Gasteiger partial charge on any atom is 0.119 e. The fourth-order valence-electron chi connectivity index (χ4n) is 2.10. The van der Waals surface area contributed by atoms with Crippen LogP contribution < -0.4 is 4.74 Å². The largest absolute Gasteiger partial charge is 0.494 e. The minimum atomic E-state index is 0.759. The number of ether oxygens (including phenoxy) is 1. The van der Waals surface area contributed by atoms with Crippen LogP contribution >= 0.6 is 15.9 Å². The van der Waals surface area contributed by atoms with Gasteiger partial charge in [-0.05, 0) is 55.5 Å². The van der Waals surface area contributed by atoms with E-state index in [1.165, 1.54) is 21.2 Å². The Morgan fingerprint density at radius 2 is 1.63 bits per heavy atom. The zero-order valence-electron chi connectivity index (χ0n) is 11.4. The van der Waals surface area contributed by atoms with Crippen LogP contribution in [0.3, 0.4) is 0 Å². The van der Waals surface area contributed by atoms with E-state index in [0.717, 1.165) is 25.2 Å². The normalized spacial score (nSPS) is 10.5. The van der Waals surface area contributed by atoms with Gasteiger partial charge in [-0.3, -0.25) is 0 Å². The molecule has 0 aromatic heterocycles. The van der Waals surface area contributed by atoms with Gasteiger partial charge in [0.1, 0.15) is 5.75 Å². The van der Waals surface area contributed by atoms with Crippen LogP contribution in [0.4, 0.5) is 0 Å². The van der Waals surface area contributed by atoms with Crippen molar-refractivity contribution in [2.45, 2.75) is 26.7 Å². The predicted molar refractivity (Wildman–Crippen MR) is 83.9 cm³/mol. The third-order valence-corrected chi connectivity index (χ3v) is 4.38. The van der Waals surface area contributed by atoms with Crippen LogP contribution in [0.1, 0.15) is 23.1 Å². The van der Waals surface area contributed by atoms with Crippen molar-refractivity contribution >= 4 is 15.9 Å². The van der Waals surface area contributed by atoms with E-state index in [-0.39, 0.29) is 0 Å². The van der Waals surface area contributed by atoms with Gasteiger partial charge in [0.15, 0.2) is 0 Å². The topological polar surface area (TPSA) is 9.23 Å². The average molecular weight is 319 g/mol. The molecule has 2 rings (SSSR count). The van der Waals surface area contributed by atoms with Crippen molar-refractivity contribution in [2.24, 2.45) is 0 Å². The molecular formula is C17H19BrO. The minimum Gasteiger partial charge on any atom is -0.494 e. The zero-order valence-corrected chi connectivity index (χ0v) is 13.0. The molecule has 19 heavy (non-hydrogen) atoms. The molecule has 0 saturated heterocycles. The first-order valence-corrected chi connectivity index (χ1v) is 7.39. The second-order valence-electron chi connectivity index (χ2n) is 4.81. The van der Waals surface area contributed by atoms with E-state index in [0.29, 0.717) is 0 Å². The summed E-state index contributed by atoms with van der Waals surface area (Å²) in [6.07, 6.45) is 2.10. The Kier molecular flexibility index (Phi) is 5.03. The number of hydrogen-bond acceptors (Lipinski definition) is 1. The van der Waals surface area contributed by atoms with Gasteiger partial charge in [-0.25, -0.2) is 0 Å². The van der Waals surface area contributed by atoms with E-state index in [1.807, 2.05) is 6.07 Å². The van der Waals surface area contributed by atoms with Gasteiger partial charge >= 0.3 is 0 Å². The first-order chi connectivity index (χ1) is 9.16. The number of hydrogen-bond donors (Lipinski definition) is 0. The molecule has 0 saturated carbocycles. The number of benzene rings is 2. The molecule has 0 atom stereocenters. The van der Waals surface area contributed by atoms with Crippen LogP contribution in [-0.2, 0) is 6.42 Å². The van der Waals surface area contributed by atoms with E-state index in [2.05, 4.69) is 66.2 Å². The highest BCUT2D eigenvalue weighted by molar-refractivity contribution is 9.10. The summed E-state index contributed by atoms with van der Waals surface area (Å²) >= 11 is 3.57. The van der Waals surface area contributed by atoms with Gasteiger partial charge < -0.3 is 4.74 Å². The van der Waals surface area contributed by atoms with E-state index in [4.69, 9.17) is 4.74 Å². The number of rotatable bonds is 5. The van der Waals surface area contributed by atoms with Crippen molar-refractivity contribution in [2.75, 3.05) is 6.61 Å². The molecule has 0 N–H and O–H groups in total. The number of halogens is 1. The van der Waals surface area contributed by atoms with Crippen molar-refractivity contribution in [1.29, 1.82) is 0 Å². The fraction of sp³-hybridized carbons (Fsp3) is 0.294.